The minimum atomic E-state index is -3.26. The predicted molar refractivity (Wildman–Crippen MR) is 189 cm³/mol. The van der Waals surface area contributed by atoms with Crippen LogP contribution in [0.25, 0.3) is 44.3 Å². The minimum Gasteiger partial charge on any atom is -0.438 e. The molecule has 1 unspecified atom stereocenters. The van der Waals surface area contributed by atoms with Gasteiger partial charge in [0.25, 0.3) is 0 Å². The van der Waals surface area contributed by atoms with Crippen LogP contribution in [-0.4, -0.2) is 31.7 Å². The van der Waals surface area contributed by atoms with Gasteiger partial charge in [-0.05, 0) is 76.9 Å². The van der Waals surface area contributed by atoms with E-state index in [0.717, 1.165) is 32.3 Å². The van der Waals surface area contributed by atoms with Crippen molar-refractivity contribution in [2.45, 2.75) is 24.8 Å². The first-order valence-electron chi connectivity index (χ1n) is 15.5. The minimum absolute atomic E-state index is 0.0428. The van der Waals surface area contributed by atoms with Crippen molar-refractivity contribution in [1.29, 1.82) is 0 Å². The van der Waals surface area contributed by atoms with Gasteiger partial charge in [0.05, 0.1) is 17.2 Å². The Morgan fingerprint density at radius 3 is 2.24 bits per heavy atom. The standard InChI is InChI=1S/C25H17F2N5O.C13H8BrNO2/c26-25(27)14-24(32-23(25)28)19-9-15(16-3-1-7-29-11-16)5-6-21(19)33-22-20(24)10-18(13-31-22)17-4-2-8-30-12-17;1-7-2-3-11-9(4-7)12(16)10-5-8(14)6-15-13(10)17-11/h1-13H,14H2,(H2,28,32);2-6H,1H3. The normalized spacial score (nSPS) is 17.0. The Balaban J connectivity index is 0.000000178. The highest BCUT2D eigenvalue weighted by atomic mass is 79.9. The first kappa shape index (κ1) is 31.4. The lowest BCUT2D eigenvalue weighted by Gasteiger charge is -2.35. The molecule has 1 atom stereocenters. The lowest BCUT2D eigenvalue weighted by atomic mass is 9.77. The number of aryl methyl sites for hydroxylation is 1. The van der Waals surface area contributed by atoms with Crippen LogP contribution in [0.15, 0.2) is 129 Å². The molecule has 7 heterocycles. The Kier molecular flexibility index (Phi) is 7.48. The molecule has 0 saturated heterocycles. The highest BCUT2D eigenvalue weighted by Gasteiger charge is 2.57. The van der Waals surface area contributed by atoms with Crippen LogP contribution in [-0.2, 0) is 5.54 Å². The summed E-state index contributed by atoms with van der Waals surface area (Å²) in [7, 11) is 0. The first-order valence-corrected chi connectivity index (χ1v) is 16.3. The number of hydrogen-bond acceptors (Lipinski definition) is 9. The maximum atomic E-state index is 14.9. The second kappa shape index (κ2) is 11.9. The molecule has 9 rings (SSSR count). The number of pyridine rings is 4. The summed E-state index contributed by atoms with van der Waals surface area (Å²) in [5.41, 5.74) is 10.4. The molecule has 0 bridgehead atoms. The highest BCUT2D eigenvalue weighted by molar-refractivity contribution is 9.10. The zero-order valence-electron chi connectivity index (χ0n) is 26.3. The first-order chi connectivity index (χ1) is 24.1. The van der Waals surface area contributed by atoms with Crippen molar-refractivity contribution in [3.63, 3.8) is 0 Å². The maximum Gasteiger partial charge on any atom is 0.306 e. The molecule has 2 aromatic carbocycles. The van der Waals surface area contributed by atoms with Gasteiger partial charge in [-0.3, -0.25) is 19.8 Å². The number of amidine groups is 1. The van der Waals surface area contributed by atoms with Gasteiger partial charge in [-0.2, -0.15) is 8.78 Å². The van der Waals surface area contributed by atoms with Gasteiger partial charge in [-0.15, -0.1) is 0 Å². The van der Waals surface area contributed by atoms with Crippen molar-refractivity contribution in [3.8, 4) is 33.9 Å². The molecule has 246 valence electrons. The van der Waals surface area contributed by atoms with Crippen LogP contribution in [0.2, 0.25) is 0 Å². The molecule has 12 heteroatoms. The van der Waals surface area contributed by atoms with Gasteiger partial charge < -0.3 is 14.9 Å². The summed E-state index contributed by atoms with van der Waals surface area (Å²) in [6, 6.07) is 21.9. The lowest BCUT2D eigenvalue weighted by molar-refractivity contribution is 0.0614. The van der Waals surface area contributed by atoms with E-state index in [9.17, 15) is 13.6 Å². The largest absolute Gasteiger partial charge is 0.438 e. The molecule has 2 N–H and O–H groups in total. The number of alkyl halides is 2. The number of nitrogens with zero attached hydrogens (tertiary/aromatic N) is 5. The third-order valence-corrected chi connectivity index (χ3v) is 9.16. The van der Waals surface area contributed by atoms with Crippen molar-refractivity contribution in [3.05, 3.63) is 141 Å². The van der Waals surface area contributed by atoms with Crippen LogP contribution in [0.5, 0.6) is 11.6 Å². The number of benzene rings is 2. The predicted octanol–water partition coefficient (Wildman–Crippen LogP) is 8.36. The topological polar surface area (TPSA) is 129 Å². The van der Waals surface area contributed by atoms with Crippen LogP contribution in [0.3, 0.4) is 0 Å². The second-order valence-corrected chi connectivity index (χ2v) is 13.0. The Labute approximate surface area is 291 Å². The van der Waals surface area contributed by atoms with E-state index in [1.54, 1.807) is 67.5 Å². The van der Waals surface area contributed by atoms with Crippen LogP contribution in [0, 0.1) is 6.92 Å². The van der Waals surface area contributed by atoms with E-state index in [1.807, 2.05) is 49.4 Å². The van der Waals surface area contributed by atoms with Gasteiger partial charge in [0.15, 0.2) is 5.84 Å². The Hall–Kier alpha value is -5.88. The van der Waals surface area contributed by atoms with Crippen molar-refractivity contribution in [2.24, 2.45) is 10.7 Å². The quantitative estimate of drug-likeness (QED) is 0.176. The van der Waals surface area contributed by atoms with Crippen molar-refractivity contribution < 1.29 is 17.9 Å². The summed E-state index contributed by atoms with van der Waals surface area (Å²) >= 11 is 3.30. The highest BCUT2D eigenvalue weighted by Crippen LogP contribution is 2.56. The van der Waals surface area contributed by atoms with Gasteiger partial charge >= 0.3 is 5.92 Å². The Morgan fingerprint density at radius 1 is 0.800 bits per heavy atom. The van der Waals surface area contributed by atoms with Gasteiger partial charge in [0.1, 0.15) is 16.9 Å². The van der Waals surface area contributed by atoms with E-state index in [-0.39, 0.29) is 11.3 Å². The average molecular weight is 732 g/mol. The summed E-state index contributed by atoms with van der Waals surface area (Å²) in [5.74, 6) is -3.30. The smallest absolute Gasteiger partial charge is 0.306 e. The molecule has 1 spiro atoms. The molecule has 0 aliphatic carbocycles. The van der Waals surface area contributed by atoms with Crippen molar-refractivity contribution in [2.75, 3.05) is 0 Å². The van der Waals surface area contributed by atoms with Crippen LogP contribution >= 0.6 is 15.9 Å². The van der Waals surface area contributed by atoms with E-state index < -0.39 is 23.7 Å². The number of aromatic nitrogens is 4. The average Bonchev–Trinajstić information content (AvgIpc) is 3.38. The lowest BCUT2D eigenvalue weighted by Crippen LogP contribution is -2.34. The third-order valence-electron chi connectivity index (χ3n) is 8.73. The van der Waals surface area contributed by atoms with E-state index in [1.165, 1.54) is 0 Å². The number of rotatable bonds is 2. The number of ether oxygens (including phenoxy) is 1. The van der Waals surface area contributed by atoms with Gasteiger partial charge in [-0.1, -0.05) is 29.8 Å². The molecule has 5 aromatic heterocycles. The summed E-state index contributed by atoms with van der Waals surface area (Å²) in [6.45, 7) is 1.95. The van der Waals surface area contributed by atoms with Crippen LogP contribution in [0.1, 0.15) is 23.1 Å². The Morgan fingerprint density at radius 2 is 1.54 bits per heavy atom. The molecule has 0 radical (unpaired) electrons. The van der Waals surface area contributed by atoms with Crippen LogP contribution in [0.4, 0.5) is 8.78 Å². The van der Waals surface area contributed by atoms with E-state index >= 15 is 0 Å². The molecule has 9 nitrogen and oxygen atoms in total. The monoisotopic (exact) mass is 730 g/mol. The summed E-state index contributed by atoms with van der Waals surface area (Å²) in [4.78, 5) is 33.5. The molecule has 2 aliphatic heterocycles. The second-order valence-electron chi connectivity index (χ2n) is 12.0. The fraction of sp³-hybridized carbons (Fsp3) is 0.105. The third kappa shape index (κ3) is 5.37. The van der Waals surface area contributed by atoms with E-state index in [0.29, 0.717) is 38.9 Å². The zero-order valence-corrected chi connectivity index (χ0v) is 27.9. The van der Waals surface area contributed by atoms with Gasteiger partial charge in [0.2, 0.25) is 17.0 Å². The summed E-state index contributed by atoms with van der Waals surface area (Å²) in [5, 5.41) is 1.09. The number of fused-ring (bicyclic) bond motifs is 6. The Bertz CT molecular complexity index is 2390. The molecule has 50 heavy (non-hydrogen) atoms. The molecule has 0 saturated carbocycles. The maximum absolute atomic E-state index is 14.9. The molecular formula is C38H25BrF2N6O3. The van der Waals surface area contributed by atoms with Crippen LogP contribution < -0.4 is 15.9 Å². The number of nitrogens with two attached hydrogens (primary N) is 1. The molecule has 0 fully saturated rings. The zero-order chi connectivity index (χ0) is 34.6. The number of hydrogen-bond donors (Lipinski definition) is 1. The molecule has 0 amide bonds. The van der Waals surface area contributed by atoms with Gasteiger partial charge in [0, 0.05) is 69.5 Å². The van der Waals surface area contributed by atoms with Crippen molar-refractivity contribution >= 4 is 43.8 Å². The van der Waals surface area contributed by atoms with Crippen molar-refractivity contribution in [1.82, 2.24) is 19.9 Å². The van der Waals surface area contributed by atoms with E-state index in [4.69, 9.17) is 14.9 Å². The number of halogens is 3. The van der Waals surface area contributed by atoms with Gasteiger partial charge in [-0.25, -0.2) is 9.97 Å². The fourth-order valence-electron chi connectivity index (χ4n) is 6.31. The summed E-state index contributed by atoms with van der Waals surface area (Å²) in [6.07, 6.45) is 9.40. The van der Waals surface area contributed by atoms with E-state index in [2.05, 4.69) is 40.9 Å². The number of aliphatic imine (C=N–C) groups is 1. The SMILES string of the molecule is Cc1ccc2oc3ncc(Br)cc3c(=O)c2c1.NC1=NC2(CC1(F)F)c1cc(-c3cccnc3)ccc1Oc1ncc(-c3cccnc3)cc12. The molecular weight excluding hydrogens is 706 g/mol. The molecule has 7 aromatic rings. The summed E-state index contributed by atoms with van der Waals surface area (Å²) < 4.78 is 42.2. The fourth-order valence-corrected chi connectivity index (χ4v) is 6.64. The molecule has 2 aliphatic rings.